The highest BCUT2D eigenvalue weighted by Crippen LogP contribution is 2.35. The average molecular weight is 432 g/mol. The molecule has 2 aromatic carbocycles. The van der Waals surface area contributed by atoms with Crippen LogP contribution in [0, 0.1) is 0 Å². The first-order chi connectivity index (χ1) is 14.0. The molecule has 0 bridgehead atoms. The summed E-state index contributed by atoms with van der Waals surface area (Å²) in [6.07, 6.45) is 0.587. The molecule has 0 saturated carbocycles. The minimum Gasteiger partial charge on any atom is -0.351 e. The fraction of sp³-hybridized carbons (Fsp3) is 0.250. The maximum atomic E-state index is 13.4. The molecule has 2 heterocycles. The smallest absolute Gasteiger partial charge is 0.351 e. The van der Waals surface area contributed by atoms with Crippen molar-refractivity contribution in [3.05, 3.63) is 60.2 Å². The first kappa shape index (κ1) is 19.7. The van der Waals surface area contributed by atoms with Gasteiger partial charge in [0.2, 0.25) is 0 Å². The molecule has 1 aliphatic rings. The summed E-state index contributed by atoms with van der Waals surface area (Å²) in [6.45, 7) is 2.46. The van der Waals surface area contributed by atoms with Gasteiger partial charge in [0.05, 0.1) is 4.90 Å². The molecule has 1 fully saturated rings. The zero-order valence-corrected chi connectivity index (χ0v) is 17.4. The van der Waals surface area contributed by atoms with Gasteiger partial charge >= 0.3 is 6.09 Å². The van der Waals surface area contributed by atoms with Crippen LogP contribution in [0.3, 0.4) is 0 Å². The Labute approximate surface area is 173 Å². The maximum Gasteiger partial charge on any atom is 0.427 e. The van der Waals surface area contributed by atoms with Gasteiger partial charge in [0.15, 0.2) is 0 Å². The monoisotopic (exact) mass is 431 g/mol. The van der Waals surface area contributed by atoms with Crippen LogP contribution in [0.2, 0.25) is 0 Å². The lowest BCUT2D eigenvalue weighted by Gasteiger charge is -2.23. The number of nitrogens with zero attached hydrogens (tertiary/aromatic N) is 1. The molecule has 4 rings (SSSR count). The van der Waals surface area contributed by atoms with Crippen molar-refractivity contribution in [2.75, 3.05) is 10.8 Å². The number of amides is 1. The Bertz CT molecular complexity index is 1090. The van der Waals surface area contributed by atoms with E-state index in [9.17, 15) is 13.2 Å². The minimum absolute atomic E-state index is 0.208. The molecular formula is C20H21N3O4S2. The summed E-state index contributed by atoms with van der Waals surface area (Å²) in [4.78, 5) is 16.0. The maximum absolute atomic E-state index is 13.4. The predicted molar refractivity (Wildman–Crippen MR) is 113 cm³/mol. The molecule has 0 aliphatic carbocycles. The summed E-state index contributed by atoms with van der Waals surface area (Å²) >= 11 is 1.47. The Morgan fingerprint density at radius 1 is 1.14 bits per heavy atom. The SMILES string of the molecule is CCCCN(c1cc2ccccc2s1)S(=O)(=O)c1ccc(C2NOC(=O)N2)cc1. The molecule has 0 spiro atoms. The number of hydroxylamine groups is 1. The second-order valence-corrected chi connectivity index (χ2v) is 9.63. The highest BCUT2D eigenvalue weighted by atomic mass is 32.2. The number of hydrogen-bond donors (Lipinski definition) is 2. The highest BCUT2D eigenvalue weighted by Gasteiger charge is 2.28. The third kappa shape index (κ3) is 3.93. The van der Waals surface area contributed by atoms with Crippen LogP contribution in [0.4, 0.5) is 9.80 Å². The van der Waals surface area contributed by atoms with Crippen molar-refractivity contribution in [3.8, 4) is 0 Å². The summed E-state index contributed by atoms with van der Waals surface area (Å²) < 4.78 is 29.4. The van der Waals surface area contributed by atoms with E-state index in [0.717, 1.165) is 22.9 Å². The Kier molecular flexibility index (Phi) is 5.44. The van der Waals surface area contributed by atoms with E-state index >= 15 is 0 Å². The van der Waals surface area contributed by atoms with Gasteiger partial charge in [0.25, 0.3) is 10.0 Å². The fourth-order valence-corrected chi connectivity index (χ4v) is 5.94. The van der Waals surface area contributed by atoms with Crippen LogP contribution < -0.4 is 15.1 Å². The van der Waals surface area contributed by atoms with Crippen LogP contribution in [0.5, 0.6) is 0 Å². The number of carbonyl (C=O) groups excluding carboxylic acids is 1. The molecule has 3 aromatic rings. The topological polar surface area (TPSA) is 87.7 Å². The molecule has 29 heavy (non-hydrogen) atoms. The quantitative estimate of drug-likeness (QED) is 0.587. The first-order valence-electron chi connectivity index (χ1n) is 9.33. The van der Waals surface area contributed by atoms with E-state index in [1.54, 1.807) is 24.3 Å². The molecule has 1 unspecified atom stereocenters. The molecule has 7 nitrogen and oxygen atoms in total. The van der Waals surface area contributed by atoms with Crippen LogP contribution in [0.25, 0.3) is 10.1 Å². The van der Waals surface area contributed by atoms with Gasteiger partial charge in [-0.15, -0.1) is 16.8 Å². The van der Waals surface area contributed by atoms with Gasteiger partial charge in [0.1, 0.15) is 11.2 Å². The molecule has 9 heteroatoms. The number of thiophene rings is 1. The van der Waals surface area contributed by atoms with Crippen molar-refractivity contribution in [2.24, 2.45) is 0 Å². The lowest BCUT2D eigenvalue weighted by atomic mass is 10.2. The molecule has 1 aliphatic heterocycles. The van der Waals surface area contributed by atoms with E-state index in [2.05, 4.69) is 15.6 Å². The van der Waals surface area contributed by atoms with E-state index in [1.807, 2.05) is 37.3 Å². The first-order valence-corrected chi connectivity index (χ1v) is 11.6. The van der Waals surface area contributed by atoms with Crippen LogP contribution in [0.15, 0.2) is 59.5 Å². The number of sulfonamides is 1. The summed E-state index contributed by atoms with van der Waals surface area (Å²) in [5.41, 5.74) is 3.26. The fourth-order valence-electron chi connectivity index (χ4n) is 3.14. The molecule has 1 atom stereocenters. The van der Waals surface area contributed by atoms with E-state index < -0.39 is 22.3 Å². The average Bonchev–Trinajstić information content (AvgIpc) is 3.34. The third-order valence-electron chi connectivity index (χ3n) is 4.71. The zero-order chi connectivity index (χ0) is 20.4. The van der Waals surface area contributed by atoms with E-state index in [0.29, 0.717) is 17.1 Å². The van der Waals surface area contributed by atoms with Gasteiger partial charge in [-0.25, -0.2) is 13.2 Å². The van der Waals surface area contributed by atoms with Crippen molar-refractivity contribution in [1.29, 1.82) is 0 Å². The van der Waals surface area contributed by atoms with Gasteiger partial charge in [-0.1, -0.05) is 43.7 Å². The number of rotatable bonds is 7. The number of unbranched alkanes of at least 4 members (excludes halogenated alkanes) is 1. The van der Waals surface area contributed by atoms with E-state index in [4.69, 9.17) is 0 Å². The number of nitrogens with one attached hydrogen (secondary N) is 2. The molecule has 1 aromatic heterocycles. The van der Waals surface area contributed by atoms with Crippen LogP contribution in [-0.4, -0.2) is 21.1 Å². The van der Waals surface area contributed by atoms with Crippen LogP contribution in [0.1, 0.15) is 31.5 Å². The molecule has 1 saturated heterocycles. The van der Waals surface area contributed by atoms with Crippen molar-refractivity contribution in [1.82, 2.24) is 10.8 Å². The van der Waals surface area contributed by atoms with Crippen molar-refractivity contribution < 1.29 is 18.0 Å². The number of carbonyl (C=O) groups is 1. The Morgan fingerprint density at radius 3 is 2.55 bits per heavy atom. The largest absolute Gasteiger partial charge is 0.427 e. The van der Waals surface area contributed by atoms with Gasteiger partial charge < -0.3 is 4.84 Å². The van der Waals surface area contributed by atoms with Crippen molar-refractivity contribution in [2.45, 2.75) is 30.8 Å². The van der Waals surface area contributed by atoms with Crippen LogP contribution in [-0.2, 0) is 14.9 Å². The molecule has 0 radical (unpaired) electrons. The number of benzene rings is 2. The van der Waals surface area contributed by atoms with Crippen LogP contribution >= 0.6 is 11.3 Å². The standard InChI is InChI=1S/C20H21N3O4S2/c1-2-3-12-23(18-13-15-6-4-5-7-17(15)28-18)29(25,26)16-10-8-14(9-11-16)19-21-20(24)27-22-19/h4-11,13,19,22H,2-3,12H2,1H3,(H,21,24). The van der Waals surface area contributed by atoms with Gasteiger partial charge in [0, 0.05) is 11.2 Å². The van der Waals surface area contributed by atoms with Gasteiger partial charge in [-0.05, 0) is 41.6 Å². The second-order valence-electron chi connectivity index (χ2n) is 6.71. The predicted octanol–water partition coefficient (Wildman–Crippen LogP) is 4.14. The Morgan fingerprint density at radius 2 is 1.90 bits per heavy atom. The second kappa shape index (κ2) is 8.02. The molecule has 152 valence electrons. The number of hydrogen-bond acceptors (Lipinski definition) is 6. The zero-order valence-electron chi connectivity index (χ0n) is 15.8. The summed E-state index contributed by atoms with van der Waals surface area (Å²) in [5.74, 6) is 0. The molecular weight excluding hydrogens is 410 g/mol. The van der Waals surface area contributed by atoms with E-state index in [1.165, 1.54) is 15.6 Å². The minimum atomic E-state index is -3.72. The summed E-state index contributed by atoms with van der Waals surface area (Å²) in [5, 5.41) is 4.33. The highest BCUT2D eigenvalue weighted by molar-refractivity contribution is 7.93. The van der Waals surface area contributed by atoms with Gasteiger partial charge in [-0.2, -0.15) is 0 Å². The number of fused-ring (bicyclic) bond motifs is 1. The summed E-state index contributed by atoms with van der Waals surface area (Å²) in [6, 6.07) is 16.3. The Hall–Kier alpha value is -2.62. The van der Waals surface area contributed by atoms with Crippen molar-refractivity contribution >= 4 is 42.5 Å². The lowest BCUT2D eigenvalue weighted by molar-refractivity contribution is 0.121. The van der Waals surface area contributed by atoms with Gasteiger partial charge in [-0.3, -0.25) is 9.62 Å². The van der Waals surface area contributed by atoms with Crippen molar-refractivity contribution in [3.63, 3.8) is 0 Å². The molecule has 1 amide bonds. The third-order valence-corrected chi connectivity index (χ3v) is 7.79. The van der Waals surface area contributed by atoms with E-state index in [-0.39, 0.29) is 4.90 Å². The lowest BCUT2D eigenvalue weighted by Crippen LogP contribution is -2.31. The summed E-state index contributed by atoms with van der Waals surface area (Å²) in [7, 11) is -3.72. The normalized spacial score (nSPS) is 16.6. The molecule has 2 N–H and O–H groups in total. The Balaban J connectivity index is 1.66. The number of anilines is 1.